The van der Waals surface area contributed by atoms with Gasteiger partial charge in [-0.15, -0.1) is 0 Å². The van der Waals surface area contributed by atoms with Crippen molar-refractivity contribution in [3.8, 4) is 5.75 Å². The number of aromatic hydroxyl groups is 1. The van der Waals surface area contributed by atoms with Crippen molar-refractivity contribution in [3.63, 3.8) is 0 Å². The van der Waals surface area contributed by atoms with E-state index in [2.05, 4.69) is 15.6 Å². The van der Waals surface area contributed by atoms with Gasteiger partial charge in [0.15, 0.2) is 5.96 Å². The maximum atomic E-state index is 13.1. The van der Waals surface area contributed by atoms with Gasteiger partial charge in [-0.05, 0) is 30.5 Å². The molecule has 16 nitrogen and oxygen atoms in total. The van der Waals surface area contributed by atoms with Crippen molar-refractivity contribution in [3.05, 3.63) is 29.8 Å². The van der Waals surface area contributed by atoms with E-state index in [0.717, 1.165) is 0 Å². The normalized spacial score (nSPS) is 13.7. The molecule has 0 saturated carbocycles. The summed E-state index contributed by atoms with van der Waals surface area (Å²) in [5, 5.41) is 43.4. The first kappa shape index (κ1) is 31.6. The van der Waals surface area contributed by atoms with Gasteiger partial charge in [0.05, 0.1) is 19.1 Å². The molecule has 1 aromatic rings. The Morgan fingerprint density at radius 3 is 1.95 bits per heavy atom. The van der Waals surface area contributed by atoms with Gasteiger partial charge >= 0.3 is 11.9 Å². The first-order valence-electron chi connectivity index (χ1n) is 11.4. The van der Waals surface area contributed by atoms with Crippen LogP contribution in [-0.4, -0.2) is 93.4 Å². The van der Waals surface area contributed by atoms with E-state index in [9.17, 15) is 29.1 Å². The van der Waals surface area contributed by atoms with Gasteiger partial charge in [0.2, 0.25) is 17.7 Å². The predicted molar refractivity (Wildman–Crippen MR) is 132 cm³/mol. The third-order valence-corrected chi connectivity index (χ3v) is 5.12. The van der Waals surface area contributed by atoms with Crippen LogP contribution in [-0.2, 0) is 30.4 Å². The molecule has 0 radical (unpaired) electrons. The molecule has 210 valence electrons. The molecule has 0 spiro atoms. The molecule has 0 saturated heterocycles. The van der Waals surface area contributed by atoms with Crippen LogP contribution < -0.4 is 33.2 Å². The Kier molecular flexibility index (Phi) is 13.0. The highest BCUT2D eigenvalue weighted by Gasteiger charge is 2.31. The molecule has 4 atom stereocenters. The Hall–Kier alpha value is -4.44. The van der Waals surface area contributed by atoms with Crippen LogP contribution in [0.15, 0.2) is 29.3 Å². The second-order valence-electron chi connectivity index (χ2n) is 8.23. The maximum absolute atomic E-state index is 13.1. The molecular formula is C22H33N7O9. The SMILES string of the molecule is NC(N)=NCCCC(N)C(=O)NC(Cc1ccc(O)cc1)C(=O)NC(CC(=O)O)C(=O)NC(CO)C(=O)O. The van der Waals surface area contributed by atoms with Crippen LogP contribution in [0.5, 0.6) is 5.75 Å². The van der Waals surface area contributed by atoms with Crippen LogP contribution in [0.1, 0.15) is 24.8 Å². The average Bonchev–Trinajstić information content (AvgIpc) is 2.84. The van der Waals surface area contributed by atoms with Gasteiger partial charge in [-0.1, -0.05) is 12.1 Å². The number of aliphatic hydroxyl groups excluding tert-OH is 1. The molecule has 3 amide bonds. The number of benzene rings is 1. The molecule has 0 aromatic heterocycles. The highest BCUT2D eigenvalue weighted by atomic mass is 16.4. The summed E-state index contributed by atoms with van der Waals surface area (Å²) in [6.45, 7) is -0.757. The number of nitrogens with one attached hydrogen (secondary N) is 3. The zero-order valence-corrected chi connectivity index (χ0v) is 20.4. The fourth-order valence-electron chi connectivity index (χ4n) is 3.12. The zero-order valence-electron chi connectivity index (χ0n) is 20.4. The van der Waals surface area contributed by atoms with E-state index in [0.29, 0.717) is 12.0 Å². The van der Waals surface area contributed by atoms with E-state index in [-0.39, 0.29) is 31.1 Å². The number of amides is 3. The molecule has 4 unspecified atom stereocenters. The Labute approximate surface area is 217 Å². The Balaban J connectivity index is 3.07. The molecule has 0 aliphatic rings. The van der Waals surface area contributed by atoms with E-state index in [1.807, 2.05) is 5.32 Å². The van der Waals surface area contributed by atoms with E-state index in [1.54, 1.807) is 0 Å². The average molecular weight is 540 g/mol. The summed E-state index contributed by atoms with van der Waals surface area (Å²) >= 11 is 0. The second-order valence-corrected chi connectivity index (χ2v) is 8.23. The van der Waals surface area contributed by atoms with Crippen LogP contribution in [0.2, 0.25) is 0 Å². The summed E-state index contributed by atoms with van der Waals surface area (Å²) < 4.78 is 0. The lowest BCUT2D eigenvalue weighted by atomic mass is 10.0. The molecule has 1 aromatic carbocycles. The Morgan fingerprint density at radius 2 is 1.42 bits per heavy atom. The van der Waals surface area contributed by atoms with Crippen molar-refractivity contribution < 1.29 is 44.4 Å². The minimum Gasteiger partial charge on any atom is -0.508 e. The highest BCUT2D eigenvalue weighted by molar-refractivity contribution is 5.95. The number of hydrogen-bond donors (Lipinski definition) is 10. The Bertz CT molecular complexity index is 1010. The monoisotopic (exact) mass is 539 g/mol. The molecule has 0 fully saturated rings. The highest BCUT2D eigenvalue weighted by Crippen LogP contribution is 2.12. The fraction of sp³-hybridized carbons (Fsp3) is 0.455. The molecule has 1 rings (SSSR count). The largest absolute Gasteiger partial charge is 0.508 e. The van der Waals surface area contributed by atoms with Gasteiger partial charge in [-0.2, -0.15) is 0 Å². The number of hydrogen-bond acceptors (Lipinski definition) is 9. The first-order valence-corrected chi connectivity index (χ1v) is 11.4. The third kappa shape index (κ3) is 11.5. The van der Waals surface area contributed by atoms with Crippen molar-refractivity contribution in [2.24, 2.45) is 22.2 Å². The number of phenols is 1. The smallest absolute Gasteiger partial charge is 0.328 e. The topological polar surface area (TPSA) is 293 Å². The van der Waals surface area contributed by atoms with Crippen LogP contribution in [0, 0.1) is 0 Å². The standard InChI is InChI=1S/C22H33N7O9/c23-13(2-1-7-26-22(24)25)18(34)27-14(8-11-3-5-12(31)6-4-11)19(35)28-15(9-17(32)33)20(36)29-16(10-30)21(37)38/h3-6,13-16,30-31H,1-2,7-10,23H2,(H,27,34)(H,28,35)(H,29,36)(H,32,33)(H,37,38)(H4,24,25,26). The fourth-order valence-corrected chi connectivity index (χ4v) is 3.12. The number of carboxylic acid groups (broad SMARTS) is 2. The zero-order chi connectivity index (χ0) is 28.8. The predicted octanol–water partition coefficient (Wildman–Crippen LogP) is -3.68. The summed E-state index contributed by atoms with van der Waals surface area (Å²) in [7, 11) is 0. The lowest BCUT2D eigenvalue weighted by molar-refractivity contribution is -0.144. The third-order valence-electron chi connectivity index (χ3n) is 5.12. The Morgan fingerprint density at radius 1 is 0.868 bits per heavy atom. The summed E-state index contributed by atoms with van der Waals surface area (Å²) in [5.41, 5.74) is 16.9. The summed E-state index contributed by atoms with van der Waals surface area (Å²) in [6, 6.07) is -0.201. The van der Waals surface area contributed by atoms with Gasteiger partial charge in [0, 0.05) is 13.0 Å². The summed E-state index contributed by atoms with van der Waals surface area (Å²) in [4.78, 5) is 64.4. The number of aliphatic carboxylic acids is 2. The molecule has 0 aliphatic heterocycles. The maximum Gasteiger partial charge on any atom is 0.328 e. The van der Waals surface area contributed by atoms with Crippen molar-refractivity contribution >= 4 is 35.6 Å². The summed E-state index contributed by atoms with van der Waals surface area (Å²) in [6.07, 6.45) is -0.524. The number of rotatable bonds is 16. The lowest BCUT2D eigenvalue weighted by Gasteiger charge is -2.24. The van der Waals surface area contributed by atoms with Crippen molar-refractivity contribution in [1.82, 2.24) is 16.0 Å². The van der Waals surface area contributed by atoms with E-state index < -0.39 is 66.9 Å². The summed E-state index contributed by atoms with van der Waals surface area (Å²) in [5.74, 6) is -6.08. The number of carbonyl (C=O) groups excluding carboxylic acids is 3. The number of nitrogens with two attached hydrogens (primary N) is 3. The molecule has 0 bridgehead atoms. The van der Waals surface area contributed by atoms with Crippen LogP contribution in [0.4, 0.5) is 0 Å². The van der Waals surface area contributed by atoms with Gasteiger partial charge < -0.3 is 53.6 Å². The van der Waals surface area contributed by atoms with Crippen LogP contribution in [0.25, 0.3) is 0 Å². The molecule has 38 heavy (non-hydrogen) atoms. The molecule has 13 N–H and O–H groups in total. The van der Waals surface area contributed by atoms with Gasteiger partial charge in [0.1, 0.15) is 23.9 Å². The molecular weight excluding hydrogens is 506 g/mol. The number of aliphatic imine (C=N–C) groups is 1. The number of carboxylic acids is 2. The molecule has 16 heteroatoms. The number of aliphatic hydroxyl groups is 1. The number of phenolic OH excluding ortho intramolecular Hbond substituents is 1. The quantitative estimate of drug-likeness (QED) is 0.0552. The number of guanidine groups is 1. The molecule has 0 aliphatic carbocycles. The van der Waals surface area contributed by atoms with Crippen molar-refractivity contribution in [2.75, 3.05) is 13.2 Å². The minimum atomic E-state index is -1.74. The van der Waals surface area contributed by atoms with E-state index >= 15 is 0 Å². The first-order chi connectivity index (χ1) is 17.8. The van der Waals surface area contributed by atoms with Crippen LogP contribution in [0.3, 0.4) is 0 Å². The lowest BCUT2D eigenvalue weighted by Crippen LogP contribution is -2.58. The van der Waals surface area contributed by atoms with E-state index in [1.165, 1.54) is 24.3 Å². The number of nitrogens with zero attached hydrogens (tertiary/aromatic N) is 1. The second kappa shape index (κ2) is 15.6. The minimum absolute atomic E-state index is 0.0448. The van der Waals surface area contributed by atoms with Crippen LogP contribution >= 0.6 is 0 Å². The number of carbonyl (C=O) groups is 5. The van der Waals surface area contributed by atoms with Gasteiger partial charge in [-0.3, -0.25) is 24.2 Å². The van der Waals surface area contributed by atoms with Gasteiger partial charge in [0.25, 0.3) is 0 Å². The van der Waals surface area contributed by atoms with Crippen molar-refractivity contribution in [2.45, 2.75) is 49.9 Å². The van der Waals surface area contributed by atoms with E-state index in [4.69, 9.17) is 32.5 Å². The van der Waals surface area contributed by atoms with Gasteiger partial charge in [-0.25, -0.2) is 4.79 Å². The molecule has 0 heterocycles. The van der Waals surface area contributed by atoms with Crippen molar-refractivity contribution in [1.29, 1.82) is 0 Å².